The number of aliphatic hydroxyl groups excluding tert-OH is 2. The Morgan fingerprint density at radius 2 is 1.81 bits per heavy atom. The van der Waals surface area contributed by atoms with Gasteiger partial charge >= 0.3 is 0 Å². The highest BCUT2D eigenvalue weighted by Gasteiger charge is 2.21. The second kappa shape index (κ2) is 5.94. The van der Waals surface area contributed by atoms with Crippen LogP contribution in [0.2, 0.25) is 0 Å². The molecule has 1 aromatic rings. The molecule has 0 aliphatic rings. The standard InChI is InChI=1S/C12H20N2O2/c1-12(2,9-14-11(7-15)8-16)10-3-5-13-6-4-10/h3-6,11,14-16H,7-9H2,1-2H3. The molecule has 0 bridgehead atoms. The van der Waals surface area contributed by atoms with Crippen molar-refractivity contribution in [1.29, 1.82) is 0 Å². The SMILES string of the molecule is CC(C)(CNC(CO)CO)c1ccncc1. The first-order valence-electron chi connectivity index (χ1n) is 5.46. The molecule has 4 nitrogen and oxygen atoms in total. The minimum absolute atomic E-state index is 0.0501. The van der Waals surface area contributed by atoms with Crippen molar-refractivity contribution in [1.82, 2.24) is 10.3 Å². The second-order valence-electron chi connectivity index (χ2n) is 4.56. The Balaban J connectivity index is 2.58. The van der Waals surface area contributed by atoms with Crippen molar-refractivity contribution >= 4 is 0 Å². The summed E-state index contributed by atoms with van der Waals surface area (Å²) in [6, 6.07) is 3.71. The molecular weight excluding hydrogens is 204 g/mol. The zero-order valence-corrected chi connectivity index (χ0v) is 9.85. The molecular formula is C12H20N2O2. The molecule has 90 valence electrons. The fraction of sp³-hybridized carbons (Fsp3) is 0.583. The van der Waals surface area contributed by atoms with Crippen LogP contribution in [0.15, 0.2) is 24.5 Å². The highest BCUT2D eigenvalue weighted by Crippen LogP contribution is 2.21. The van der Waals surface area contributed by atoms with Crippen LogP contribution in [0.4, 0.5) is 0 Å². The van der Waals surface area contributed by atoms with E-state index >= 15 is 0 Å². The van der Waals surface area contributed by atoms with Crippen molar-refractivity contribution in [3.8, 4) is 0 Å². The molecule has 1 aromatic heterocycles. The highest BCUT2D eigenvalue weighted by molar-refractivity contribution is 5.21. The van der Waals surface area contributed by atoms with Gasteiger partial charge in [-0.3, -0.25) is 4.98 Å². The molecule has 0 saturated carbocycles. The summed E-state index contributed by atoms with van der Waals surface area (Å²) in [5.41, 5.74) is 1.13. The molecule has 0 aromatic carbocycles. The maximum Gasteiger partial charge on any atom is 0.0607 e. The molecule has 16 heavy (non-hydrogen) atoms. The van der Waals surface area contributed by atoms with Crippen molar-refractivity contribution in [3.05, 3.63) is 30.1 Å². The predicted octanol–water partition coefficient (Wildman–Crippen LogP) is 0.302. The summed E-state index contributed by atoms with van der Waals surface area (Å²) < 4.78 is 0. The van der Waals surface area contributed by atoms with E-state index in [4.69, 9.17) is 10.2 Å². The summed E-state index contributed by atoms with van der Waals surface area (Å²) in [5.74, 6) is 0. The molecule has 0 amide bonds. The van der Waals surface area contributed by atoms with Crippen LogP contribution >= 0.6 is 0 Å². The summed E-state index contributed by atoms with van der Waals surface area (Å²) in [4.78, 5) is 3.99. The summed E-state index contributed by atoms with van der Waals surface area (Å²) >= 11 is 0. The maximum atomic E-state index is 8.96. The number of rotatable bonds is 6. The van der Waals surface area contributed by atoms with E-state index < -0.39 is 0 Å². The van der Waals surface area contributed by atoms with E-state index in [1.54, 1.807) is 12.4 Å². The van der Waals surface area contributed by atoms with Crippen LogP contribution in [0.1, 0.15) is 19.4 Å². The van der Waals surface area contributed by atoms with Gasteiger partial charge in [0, 0.05) is 24.4 Å². The first kappa shape index (κ1) is 13.1. The van der Waals surface area contributed by atoms with Crippen LogP contribution in [0, 0.1) is 0 Å². The van der Waals surface area contributed by atoms with Crippen molar-refractivity contribution < 1.29 is 10.2 Å². The lowest BCUT2D eigenvalue weighted by atomic mass is 9.85. The zero-order valence-electron chi connectivity index (χ0n) is 9.85. The lowest BCUT2D eigenvalue weighted by Gasteiger charge is -2.27. The molecule has 0 spiro atoms. The van der Waals surface area contributed by atoms with Gasteiger partial charge in [-0.2, -0.15) is 0 Å². The van der Waals surface area contributed by atoms with Gasteiger partial charge in [0.2, 0.25) is 0 Å². The first-order valence-corrected chi connectivity index (χ1v) is 5.46. The number of aliphatic hydroxyl groups is 2. The molecule has 3 N–H and O–H groups in total. The van der Waals surface area contributed by atoms with E-state index in [1.807, 2.05) is 12.1 Å². The van der Waals surface area contributed by atoms with Crippen LogP contribution in [0.3, 0.4) is 0 Å². The number of pyridine rings is 1. The van der Waals surface area contributed by atoms with Crippen molar-refractivity contribution in [2.75, 3.05) is 19.8 Å². The van der Waals surface area contributed by atoms with Gasteiger partial charge in [-0.25, -0.2) is 0 Å². The number of nitrogens with one attached hydrogen (secondary N) is 1. The van der Waals surface area contributed by atoms with E-state index in [-0.39, 0.29) is 24.7 Å². The Morgan fingerprint density at radius 1 is 1.25 bits per heavy atom. The average molecular weight is 224 g/mol. The maximum absolute atomic E-state index is 8.96. The first-order chi connectivity index (χ1) is 7.60. The van der Waals surface area contributed by atoms with Gasteiger partial charge in [0.05, 0.1) is 19.3 Å². The fourth-order valence-electron chi connectivity index (χ4n) is 1.49. The number of hydrogen-bond donors (Lipinski definition) is 3. The van der Waals surface area contributed by atoms with E-state index in [0.717, 1.165) is 0 Å². The highest BCUT2D eigenvalue weighted by atomic mass is 16.3. The molecule has 0 unspecified atom stereocenters. The zero-order chi connectivity index (χ0) is 12.0. The molecule has 0 fully saturated rings. The van der Waals surface area contributed by atoms with Gasteiger partial charge in [-0.05, 0) is 17.7 Å². The van der Waals surface area contributed by atoms with Crippen LogP contribution in [0.25, 0.3) is 0 Å². The topological polar surface area (TPSA) is 65.4 Å². The minimum Gasteiger partial charge on any atom is -0.395 e. The largest absolute Gasteiger partial charge is 0.395 e. The van der Waals surface area contributed by atoms with Gasteiger partial charge < -0.3 is 15.5 Å². The molecule has 0 aliphatic carbocycles. The Hall–Kier alpha value is -0.970. The van der Waals surface area contributed by atoms with Crippen LogP contribution in [0.5, 0.6) is 0 Å². The Bertz CT molecular complexity index is 297. The Labute approximate surface area is 96.3 Å². The van der Waals surface area contributed by atoms with Gasteiger partial charge in [-0.15, -0.1) is 0 Å². The summed E-state index contributed by atoms with van der Waals surface area (Å²) in [5, 5.41) is 21.1. The monoisotopic (exact) mass is 224 g/mol. The number of aromatic nitrogens is 1. The third-order valence-electron chi connectivity index (χ3n) is 2.74. The van der Waals surface area contributed by atoms with E-state index in [0.29, 0.717) is 6.54 Å². The molecule has 0 saturated heterocycles. The molecule has 0 aliphatic heterocycles. The van der Waals surface area contributed by atoms with Crippen LogP contribution in [-0.2, 0) is 5.41 Å². The average Bonchev–Trinajstić information content (AvgIpc) is 2.31. The van der Waals surface area contributed by atoms with Gasteiger partial charge in [0.1, 0.15) is 0 Å². The lowest BCUT2D eigenvalue weighted by molar-refractivity contribution is 0.166. The van der Waals surface area contributed by atoms with Crippen LogP contribution < -0.4 is 5.32 Å². The molecule has 1 rings (SSSR count). The molecule has 0 radical (unpaired) electrons. The van der Waals surface area contributed by atoms with Crippen molar-refractivity contribution in [2.45, 2.75) is 25.3 Å². The summed E-state index contributed by atoms with van der Waals surface area (Å²) in [6.45, 7) is 4.82. The minimum atomic E-state index is -0.249. The normalized spacial score (nSPS) is 12.1. The van der Waals surface area contributed by atoms with Gasteiger partial charge in [0.25, 0.3) is 0 Å². The second-order valence-corrected chi connectivity index (χ2v) is 4.56. The van der Waals surface area contributed by atoms with E-state index in [2.05, 4.69) is 24.1 Å². The lowest BCUT2D eigenvalue weighted by Crippen LogP contribution is -2.42. The van der Waals surface area contributed by atoms with E-state index in [9.17, 15) is 0 Å². The van der Waals surface area contributed by atoms with Gasteiger partial charge in [0.15, 0.2) is 0 Å². The summed E-state index contributed by atoms with van der Waals surface area (Å²) in [7, 11) is 0. The van der Waals surface area contributed by atoms with Gasteiger partial charge in [-0.1, -0.05) is 13.8 Å². The van der Waals surface area contributed by atoms with E-state index in [1.165, 1.54) is 5.56 Å². The third-order valence-corrected chi connectivity index (χ3v) is 2.74. The number of hydrogen-bond acceptors (Lipinski definition) is 4. The quantitative estimate of drug-likeness (QED) is 0.650. The smallest absolute Gasteiger partial charge is 0.0607 e. The molecule has 0 atom stereocenters. The molecule has 4 heteroatoms. The van der Waals surface area contributed by atoms with Crippen LogP contribution in [-0.4, -0.2) is 41.0 Å². The fourth-order valence-corrected chi connectivity index (χ4v) is 1.49. The Kier molecular flexibility index (Phi) is 4.86. The predicted molar refractivity (Wildman–Crippen MR) is 63.2 cm³/mol. The Morgan fingerprint density at radius 3 is 2.31 bits per heavy atom. The number of nitrogens with zero attached hydrogens (tertiary/aromatic N) is 1. The summed E-state index contributed by atoms with van der Waals surface area (Å²) in [6.07, 6.45) is 3.54. The molecule has 1 heterocycles. The van der Waals surface area contributed by atoms with Crippen molar-refractivity contribution in [2.24, 2.45) is 0 Å². The van der Waals surface area contributed by atoms with Crippen molar-refractivity contribution in [3.63, 3.8) is 0 Å². The third kappa shape index (κ3) is 3.56.